The fraction of sp³-hybridized carbons (Fsp3) is 0.400. The minimum atomic E-state index is 0. The Bertz CT molecular complexity index is 786. The molecule has 0 aromatic heterocycles. The Morgan fingerprint density at radius 3 is 1.77 bits per heavy atom. The minimum absolute atomic E-state index is 0. The van der Waals surface area contributed by atoms with Crippen LogP contribution in [0.4, 0.5) is 0 Å². The molecule has 172 valence electrons. The summed E-state index contributed by atoms with van der Waals surface area (Å²) >= 11 is 0. The van der Waals surface area contributed by atoms with Gasteiger partial charge in [0.2, 0.25) is 0 Å². The molecule has 1 heteroatoms. The van der Waals surface area contributed by atoms with Gasteiger partial charge in [-0.15, -0.1) is 13.0 Å². The first-order chi connectivity index (χ1) is 13.8. The molecule has 0 heterocycles. The fourth-order valence-electron chi connectivity index (χ4n) is 2.19. The van der Waals surface area contributed by atoms with Gasteiger partial charge in [0.15, 0.2) is 0 Å². The van der Waals surface area contributed by atoms with Crippen molar-refractivity contribution < 1.29 is 0 Å². The number of hydrogen-bond acceptors (Lipinski definition) is 0. The molecular weight excluding hydrogens is 400 g/mol. The number of allylic oxidation sites excluding steroid dienone is 7. The van der Waals surface area contributed by atoms with E-state index in [4.69, 9.17) is 0 Å². The third kappa shape index (κ3) is 17.3. The van der Waals surface area contributed by atoms with E-state index < -0.39 is 0 Å². The van der Waals surface area contributed by atoms with Gasteiger partial charge in [-0.3, -0.25) is 0 Å². The van der Waals surface area contributed by atoms with Crippen molar-refractivity contribution in [1.82, 2.24) is 0 Å². The third-order valence-electron chi connectivity index (χ3n) is 4.05. The van der Waals surface area contributed by atoms with Gasteiger partial charge in [-0.05, 0) is 49.3 Å². The van der Waals surface area contributed by atoms with Crippen LogP contribution in [-0.4, -0.2) is 37.7 Å². The van der Waals surface area contributed by atoms with Crippen LogP contribution in [0.25, 0.3) is 12.2 Å². The molecule has 0 aliphatic heterocycles. The fourth-order valence-corrected chi connectivity index (χ4v) is 2.19. The van der Waals surface area contributed by atoms with Crippen molar-refractivity contribution in [2.75, 3.05) is 0 Å². The molecular formula is C30H50Ca. The van der Waals surface area contributed by atoms with E-state index in [0.717, 1.165) is 16.4 Å². The third-order valence-corrected chi connectivity index (χ3v) is 4.05. The molecule has 1 aromatic rings. The molecule has 0 aliphatic carbocycles. The van der Waals surface area contributed by atoms with Crippen LogP contribution in [-0.2, 0) is 0 Å². The van der Waals surface area contributed by atoms with Crippen molar-refractivity contribution in [2.45, 2.75) is 83.1 Å². The maximum atomic E-state index is 4.17. The smallest absolute Gasteiger partial charge is 0.358 e. The van der Waals surface area contributed by atoms with E-state index in [1.54, 1.807) is 0 Å². The quantitative estimate of drug-likeness (QED) is 0.240. The van der Waals surface area contributed by atoms with Crippen molar-refractivity contribution in [3.05, 3.63) is 95.1 Å². The van der Waals surface area contributed by atoms with E-state index in [0.29, 0.717) is 0 Å². The predicted molar refractivity (Wildman–Crippen MR) is 152 cm³/mol. The Hall–Kier alpha value is -0.950. The molecule has 0 unspecified atom stereocenters. The zero-order valence-corrected chi connectivity index (χ0v) is 25.4. The van der Waals surface area contributed by atoms with Crippen LogP contribution >= 0.6 is 0 Å². The van der Waals surface area contributed by atoms with Gasteiger partial charge in [-0.2, -0.15) is 0 Å². The second kappa shape index (κ2) is 25.3. The first-order valence-corrected chi connectivity index (χ1v) is 11.0. The first-order valence-electron chi connectivity index (χ1n) is 11.0. The van der Waals surface area contributed by atoms with E-state index in [2.05, 4.69) is 97.5 Å². The molecule has 0 nitrogen and oxygen atoms in total. The summed E-state index contributed by atoms with van der Waals surface area (Å²) in [6.45, 7) is 32.9. The zero-order chi connectivity index (χ0) is 23.6. The maximum Gasteiger partial charge on any atom is 2.00 e. The molecule has 0 bridgehead atoms. The Balaban J connectivity index is -0.000000258. The summed E-state index contributed by atoms with van der Waals surface area (Å²) in [6.07, 6.45) is 8.64. The molecule has 0 saturated carbocycles. The SMILES string of the molecule is C=C(C)C(/C=C(C)/C(C)=C/C=C(/C)[CH-]C)=c1\cc(C)ccc1=C.CC.CC.CC.[CH3-].[Ca+2]. The van der Waals surface area contributed by atoms with Gasteiger partial charge in [0.05, 0.1) is 0 Å². The monoisotopic (exact) mass is 450 g/mol. The minimum Gasteiger partial charge on any atom is -0.358 e. The summed E-state index contributed by atoms with van der Waals surface area (Å²) in [7, 11) is 0. The number of rotatable bonds is 5. The number of aryl methyl sites for hydroxylation is 1. The Kier molecular flexibility index (Phi) is 33.0. The van der Waals surface area contributed by atoms with Crippen LogP contribution in [0.5, 0.6) is 0 Å². The first kappa shape index (κ1) is 40.4. The van der Waals surface area contributed by atoms with E-state index in [1.807, 2.05) is 41.5 Å². The van der Waals surface area contributed by atoms with Crippen LogP contribution in [0, 0.1) is 20.8 Å². The van der Waals surface area contributed by atoms with Gasteiger partial charge in [0.1, 0.15) is 0 Å². The molecule has 0 N–H and O–H groups in total. The van der Waals surface area contributed by atoms with Gasteiger partial charge < -0.3 is 7.43 Å². The van der Waals surface area contributed by atoms with Gasteiger partial charge >= 0.3 is 37.7 Å². The summed E-state index contributed by atoms with van der Waals surface area (Å²) in [5.74, 6) is 0. The molecule has 0 fully saturated rings. The van der Waals surface area contributed by atoms with Crippen molar-refractivity contribution in [2.24, 2.45) is 0 Å². The largest absolute Gasteiger partial charge is 2.00 e. The van der Waals surface area contributed by atoms with Gasteiger partial charge in [0, 0.05) is 0 Å². The zero-order valence-electron chi connectivity index (χ0n) is 23.2. The Morgan fingerprint density at radius 1 is 0.871 bits per heavy atom. The molecule has 0 amide bonds. The molecule has 1 aromatic carbocycles. The molecule has 0 radical (unpaired) electrons. The summed E-state index contributed by atoms with van der Waals surface area (Å²) < 4.78 is 0. The summed E-state index contributed by atoms with van der Waals surface area (Å²) in [4.78, 5) is 0. The van der Waals surface area contributed by atoms with Crippen molar-refractivity contribution in [1.29, 1.82) is 0 Å². The number of hydrogen-bond donors (Lipinski definition) is 0. The van der Waals surface area contributed by atoms with Gasteiger partial charge in [0.25, 0.3) is 0 Å². The topological polar surface area (TPSA) is 0 Å². The normalized spacial score (nSPS) is 11.4. The van der Waals surface area contributed by atoms with E-state index in [-0.39, 0.29) is 45.2 Å². The van der Waals surface area contributed by atoms with Crippen LogP contribution < -0.4 is 10.4 Å². The van der Waals surface area contributed by atoms with Crippen LogP contribution in [0.1, 0.15) is 81.7 Å². The summed E-state index contributed by atoms with van der Waals surface area (Å²) in [5.41, 5.74) is 7.21. The average Bonchev–Trinajstić information content (AvgIpc) is 2.75. The van der Waals surface area contributed by atoms with Crippen LogP contribution in [0.3, 0.4) is 0 Å². The second-order valence-electron chi connectivity index (χ2n) is 6.23. The molecule has 0 saturated heterocycles. The molecule has 31 heavy (non-hydrogen) atoms. The second-order valence-corrected chi connectivity index (χ2v) is 6.23. The van der Waals surface area contributed by atoms with Crippen molar-refractivity contribution in [3.63, 3.8) is 0 Å². The average molecular weight is 451 g/mol. The Labute approximate surface area is 226 Å². The molecule has 0 spiro atoms. The van der Waals surface area contributed by atoms with Gasteiger partial charge in [-0.1, -0.05) is 103 Å². The Morgan fingerprint density at radius 2 is 1.35 bits per heavy atom. The van der Waals surface area contributed by atoms with Crippen molar-refractivity contribution in [3.8, 4) is 0 Å². The standard InChI is InChI=1S/C23H29.3C2H6.CH3.Ca/c1-9-17(4)10-12-19(6)21(8)15-22(16(2)3)23-14-18(5)11-13-20(23)7;3*1-2;;/h9-15H,2,7H2,1,3-6,8H3;3*1-2H3;1H3;/q-1;;;;-1;+2/b17-10-,19-12+,21-15+,23-22+;;;;;. The van der Waals surface area contributed by atoms with E-state index >= 15 is 0 Å². The number of benzene rings is 1. The predicted octanol–water partition coefficient (Wildman–Crippen LogP) is 8.34. The van der Waals surface area contributed by atoms with Crippen molar-refractivity contribution >= 4 is 49.9 Å². The van der Waals surface area contributed by atoms with Crippen LogP contribution in [0.2, 0.25) is 0 Å². The summed E-state index contributed by atoms with van der Waals surface area (Å²) in [5, 5.41) is 2.20. The maximum absolute atomic E-state index is 4.17. The molecule has 0 aliphatic rings. The van der Waals surface area contributed by atoms with Crippen LogP contribution in [0.15, 0.2) is 65.3 Å². The van der Waals surface area contributed by atoms with E-state index in [9.17, 15) is 0 Å². The van der Waals surface area contributed by atoms with E-state index in [1.165, 1.54) is 27.5 Å². The van der Waals surface area contributed by atoms with Gasteiger partial charge in [-0.25, -0.2) is 18.1 Å². The molecule has 1 rings (SSSR count). The molecule has 0 atom stereocenters. The summed E-state index contributed by atoms with van der Waals surface area (Å²) in [6, 6.07) is 6.35.